The van der Waals surface area contributed by atoms with Gasteiger partial charge in [0, 0.05) is 30.8 Å². The molecule has 0 aliphatic carbocycles. The number of likely N-dealkylation sites (tertiary alicyclic amines) is 1. The lowest BCUT2D eigenvalue weighted by Crippen LogP contribution is -2.38. The van der Waals surface area contributed by atoms with Gasteiger partial charge in [0.05, 0.1) is 10.0 Å². The van der Waals surface area contributed by atoms with Crippen molar-refractivity contribution in [1.29, 1.82) is 0 Å². The van der Waals surface area contributed by atoms with Gasteiger partial charge in [-0.15, -0.1) is 0 Å². The predicted molar refractivity (Wildman–Crippen MR) is 133 cm³/mol. The molecule has 3 aromatic rings. The standard InChI is InChI=1S/C25H25BCl2N2O2/c27-23-14-20(13-22(24(23)28)19-5-2-6-21(12-19)26-32)25(31)30-9-7-17(8-10-30)18-4-1-3-16(11-18)15-29/h1-6,11-14,17,26,32H,7-10,15,29H2. The van der Waals surface area contributed by atoms with Gasteiger partial charge in [-0.1, -0.05) is 77.2 Å². The van der Waals surface area contributed by atoms with E-state index < -0.39 is 0 Å². The first-order chi connectivity index (χ1) is 15.5. The molecule has 7 heteroatoms. The summed E-state index contributed by atoms with van der Waals surface area (Å²) in [4.78, 5) is 15.2. The van der Waals surface area contributed by atoms with Gasteiger partial charge in [0.1, 0.15) is 0 Å². The van der Waals surface area contributed by atoms with Gasteiger partial charge in [-0.3, -0.25) is 4.79 Å². The topological polar surface area (TPSA) is 66.6 Å². The van der Waals surface area contributed by atoms with Crippen molar-refractivity contribution < 1.29 is 9.82 Å². The van der Waals surface area contributed by atoms with E-state index in [2.05, 4.69) is 18.2 Å². The molecule has 4 rings (SSSR count). The first-order valence-corrected chi connectivity index (χ1v) is 11.5. The summed E-state index contributed by atoms with van der Waals surface area (Å²) < 4.78 is 0. The zero-order chi connectivity index (χ0) is 22.7. The number of piperidine rings is 1. The Morgan fingerprint density at radius 3 is 2.53 bits per heavy atom. The Hall–Kier alpha value is -2.31. The van der Waals surface area contributed by atoms with Crippen LogP contribution in [0, 0.1) is 0 Å². The summed E-state index contributed by atoms with van der Waals surface area (Å²) in [5.41, 5.74) is 11.0. The van der Waals surface area contributed by atoms with Crippen molar-refractivity contribution in [3.05, 3.63) is 87.4 Å². The molecule has 1 aliphatic heterocycles. The average molecular weight is 467 g/mol. The van der Waals surface area contributed by atoms with Crippen molar-refractivity contribution in [2.24, 2.45) is 5.73 Å². The molecular formula is C25H25BCl2N2O2. The molecule has 4 nitrogen and oxygen atoms in total. The van der Waals surface area contributed by atoms with E-state index in [1.165, 1.54) is 5.56 Å². The molecule has 3 N–H and O–H groups in total. The Labute approximate surface area is 199 Å². The summed E-state index contributed by atoms with van der Waals surface area (Å²) in [6.07, 6.45) is 1.82. The highest BCUT2D eigenvalue weighted by molar-refractivity contribution is 6.46. The third-order valence-corrected chi connectivity index (χ3v) is 6.94. The molecule has 32 heavy (non-hydrogen) atoms. The lowest BCUT2D eigenvalue weighted by atomic mass is 9.86. The van der Waals surface area contributed by atoms with Crippen LogP contribution in [0.25, 0.3) is 11.1 Å². The normalized spacial score (nSPS) is 14.4. The molecule has 0 saturated carbocycles. The van der Waals surface area contributed by atoms with E-state index in [0.717, 1.165) is 29.4 Å². The number of benzene rings is 3. The molecule has 0 atom stereocenters. The number of hydrogen-bond acceptors (Lipinski definition) is 3. The van der Waals surface area contributed by atoms with Gasteiger partial charge >= 0.3 is 7.48 Å². The highest BCUT2D eigenvalue weighted by Crippen LogP contribution is 2.36. The number of amides is 1. The van der Waals surface area contributed by atoms with Gasteiger partial charge in [-0.05, 0) is 47.6 Å². The number of nitrogens with two attached hydrogens (primary N) is 1. The maximum absolute atomic E-state index is 13.3. The van der Waals surface area contributed by atoms with Crippen molar-refractivity contribution in [3.63, 3.8) is 0 Å². The Kier molecular flexibility index (Phi) is 7.22. The van der Waals surface area contributed by atoms with Crippen LogP contribution in [0.15, 0.2) is 60.7 Å². The molecule has 164 valence electrons. The molecule has 1 saturated heterocycles. The number of hydrogen-bond donors (Lipinski definition) is 2. The molecule has 0 spiro atoms. The zero-order valence-corrected chi connectivity index (χ0v) is 19.2. The van der Waals surface area contributed by atoms with Crippen molar-refractivity contribution in [1.82, 2.24) is 4.90 Å². The van der Waals surface area contributed by atoms with Gasteiger partial charge in [0.2, 0.25) is 0 Å². The second kappa shape index (κ2) is 10.1. The fourth-order valence-electron chi connectivity index (χ4n) is 4.33. The van der Waals surface area contributed by atoms with E-state index in [9.17, 15) is 9.82 Å². The minimum atomic E-state index is -0.0685. The summed E-state index contributed by atoms with van der Waals surface area (Å²) in [5.74, 6) is 0.383. The van der Waals surface area contributed by atoms with Crippen LogP contribution >= 0.6 is 23.2 Å². The third-order valence-electron chi connectivity index (χ3n) is 6.14. The van der Waals surface area contributed by atoms with E-state index in [4.69, 9.17) is 28.9 Å². The number of nitrogens with zero attached hydrogens (tertiary/aromatic N) is 1. The monoisotopic (exact) mass is 466 g/mol. The van der Waals surface area contributed by atoms with Crippen molar-refractivity contribution >= 4 is 42.1 Å². The van der Waals surface area contributed by atoms with Crippen LogP contribution in [-0.2, 0) is 6.54 Å². The molecule has 1 amide bonds. The quantitative estimate of drug-likeness (QED) is 0.556. The predicted octanol–water partition coefficient (Wildman–Crippen LogP) is 4.11. The SMILES string of the molecule is NCc1cccc(C2CCN(C(=O)c3cc(Cl)c(Cl)c(-c4cccc(BO)c4)c3)CC2)c1. The minimum Gasteiger partial charge on any atom is -0.449 e. The molecule has 1 aliphatic rings. The van der Waals surface area contributed by atoms with Crippen LogP contribution in [0.4, 0.5) is 0 Å². The van der Waals surface area contributed by atoms with E-state index in [0.29, 0.717) is 46.7 Å². The van der Waals surface area contributed by atoms with Crippen LogP contribution in [0.1, 0.15) is 40.2 Å². The zero-order valence-electron chi connectivity index (χ0n) is 17.7. The van der Waals surface area contributed by atoms with Crippen molar-refractivity contribution in [2.45, 2.75) is 25.3 Å². The lowest BCUT2D eigenvalue weighted by molar-refractivity contribution is 0.0713. The molecule has 1 fully saturated rings. The van der Waals surface area contributed by atoms with Crippen LogP contribution in [0.2, 0.25) is 10.0 Å². The highest BCUT2D eigenvalue weighted by atomic mass is 35.5. The summed E-state index contributed by atoms with van der Waals surface area (Å²) >= 11 is 12.9. The molecule has 0 unspecified atom stereocenters. The Balaban J connectivity index is 1.53. The average Bonchev–Trinajstić information content (AvgIpc) is 2.85. The van der Waals surface area contributed by atoms with Gasteiger partial charge in [0.15, 0.2) is 0 Å². The highest BCUT2D eigenvalue weighted by Gasteiger charge is 2.26. The van der Waals surface area contributed by atoms with Crippen molar-refractivity contribution in [3.8, 4) is 11.1 Å². The van der Waals surface area contributed by atoms with Gasteiger partial charge < -0.3 is 15.7 Å². The Morgan fingerprint density at radius 1 is 1.06 bits per heavy atom. The Morgan fingerprint density at radius 2 is 1.81 bits per heavy atom. The first kappa shape index (κ1) is 22.9. The molecule has 0 bridgehead atoms. The summed E-state index contributed by atoms with van der Waals surface area (Å²) in [5, 5.41) is 10.2. The van der Waals surface area contributed by atoms with Crippen molar-refractivity contribution in [2.75, 3.05) is 13.1 Å². The maximum Gasteiger partial charge on any atom is 0.304 e. The summed E-state index contributed by atoms with van der Waals surface area (Å²) in [7, 11) is -0.0685. The molecule has 0 aromatic heterocycles. The van der Waals surface area contributed by atoms with E-state index >= 15 is 0 Å². The minimum absolute atomic E-state index is 0.0442. The van der Waals surface area contributed by atoms with Gasteiger partial charge in [0.25, 0.3) is 5.91 Å². The molecule has 1 heterocycles. The van der Waals surface area contributed by atoms with Crippen LogP contribution in [0.3, 0.4) is 0 Å². The molecular weight excluding hydrogens is 442 g/mol. The number of halogens is 2. The summed E-state index contributed by atoms with van der Waals surface area (Å²) in [6.45, 7) is 1.91. The largest absolute Gasteiger partial charge is 0.449 e. The lowest BCUT2D eigenvalue weighted by Gasteiger charge is -2.32. The first-order valence-electron chi connectivity index (χ1n) is 10.8. The number of carbonyl (C=O) groups is 1. The maximum atomic E-state index is 13.3. The van der Waals surface area contributed by atoms with E-state index in [1.807, 2.05) is 35.2 Å². The number of rotatable bonds is 5. The van der Waals surface area contributed by atoms with Crippen LogP contribution in [0.5, 0.6) is 0 Å². The molecule has 3 aromatic carbocycles. The second-order valence-corrected chi connectivity index (χ2v) is 8.98. The fraction of sp³-hybridized carbons (Fsp3) is 0.240. The van der Waals surface area contributed by atoms with E-state index in [1.54, 1.807) is 12.1 Å². The number of carbonyl (C=O) groups excluding carboxylic acids is 1. The van der Waals surface area contributed by atoms with Gasteiger partial charge in [-0.25, -0.2) is 0 Å². The fourth-order valence-corrected chi connectivity index (χ4v) is 4.77. The summed E-state index contributed by atoms with van der Waals surface area (Å²) in [6, 6.07) is 19.3. The third kappa shape index (κ3) is 4.86. The van der Waals surface area contributed by atoms with E-state index in [-0.39, 0.29) is 13.4 Å². The van der Waals surface area contributed by atoms with Crippen LogP contribution in [-0.4, -0.2) is 36.4 Å². The Bertz CT molecular complexity index is 1130. The molecule has 0 radical (unpaired) electrons. The smallest absolute Gasteiger partial charge is 0.304 e. The van der Waals surface area contributed by atoms with Crippen LogP contribution < -0.4 is 11.2 Å². The second-order valence-electron chi connectivity index (χ2n) is 8.19. The van der Waals surface area contributed by atoms with Gasteiger partial charge in [-0.2, -0.15) is 0 Å².